The van der Waals surface area contributed by atoms with E-state index in [0.717, 1.165) is 4.34 Å². The zero-order valence-corrected chi connectivity index (χ0v) is 10.4. The van der Waals surface area contributed by atoms with E-state index in [0.29, 0.717) is 16.3 Å². The standard InChI is InChI=1S/C9H8N4O2S2/c1-15-8(14)5-2-7(11-3-6(5)10)16-9-12-4-13-17-9/h2-4H,10H2,1H3. The van der Waals surface area contributed by atoms with Gasteiger partial charge in [0.2, 0.25) is 0 Å². The number of nitrogens with zero attached hydrogens (tertiary/aromatic N) is 3. The lowest BCUT2D eigenvalue weighted by Gasteiger charge is -2.04. The molecule has 17 heavy (non-hydrogen) atoms. The number of aromatic nitrogens is 3. The van der Waals surface area contributed by atoms with Gasteiger partial charge in [0.05, 0.1) is 24.6 Å². The maximum atomic E-state index is 11.4. The van der Waals surface area contributed by atoms with Gasteiger partial charge in [-0.1, -0.05) is 0 Å². The van der Waals surface area contributed by atoms with E-state index in [-0.39, 0.29) is 0 Å². The molecule has 2 aromatic rings. The number of ether oxygens (including phenoxy) is 1. The van der Waals surface area contributed by atoms with Gasteiger partial charge < -0.3 is 10.5 Å². The van der Waals surface area contributed by atoms with Gasteiger partial charge in [0.25, 0.3) is 0 Å². The van der Waals surface area contributed by atoms with E-state index in [1.807, 2.05) is 0 Å². The summed E-state index contributed by atoms with van der Waals surface area (Å²) in [5.74, 6) is -0.482. The second kappa shape index (κ2) is 5.11. The van der Waals surface area contributed by atoms with Gasteiger partial charge in [-0.3, -0.25) is 0 Å². The summed E-state index contributed by atoms with van der Waals surface area (Å²) < 4.78 is 9.25. The van der Waals surface area contributed by atoms with Crippen molar-refractivity contribution in [2.24, 2.45) is 0 Å². The van der Waals surface area contributed by atoms with Crippen LogP contribution in [0.3, 0.4) is 0 Å². The fourth-order valence-corrected chi connectivity index (χ4v) is 2.46. The monoisotopic (exact) mass is 268 g/mol. The highest BCUT2D eigenvalue weighted by Crippen LogP contribution is 2.28. The van der Waals surface area contributed by atoms with Gasteiger partial charge >= 0.3 is 5.97 Å². The Balaban J connectivity index is 2.28. The molecule has 0 unspecified atom stereocenters. The first-order valence-electron chi connectivity index (χ1n) is 4.49. The summed E-state index contributed by atoms with van der Waals surface area (Å²) in [6.07, 6.45) is 2.89. The molecule has 0 fully saturated rings. The summed E-state index contributed by atoms with van der Waals surface area (Å²) in [5.41, 5.74) is 6.23. The third-order valence-corrected chi connectivity index (χ3v) is 3.50. The molecule has 0 aromatic carbocycles. The minimum Gasteiger partial charge on any atom is -0.465 e. The van der Waals surface area contributed by atoms with Crippen molar-refractivity contribution < 1.29 is 9.53 Å². The average Bonchev–Trinajstić information content (AvgIpc) is 2.83. The lowest BCUT2D eigenvalue weighted by atomic mass is 10.2. The molecule has 0 bridgehead atoms. The van der Waals surface area contributed by atoms with Crippen LogP contribution in [0.1, 0.15) is 10.4 Å². The average molecular weight is 268 g/mol. The highest BCUT2D eigenvalue weighted by Gasteiger charge is 2.12. The van der Waals surface area contributed by atoms with E-state index in [4.69, 9.17) is 5.73 Å². The predicted octanol–water partition coefficient (Wildman–Crippen LogP) is 1.45. The van der Waals surface area contributed by atoms with E-state index in [1.165, 1.54) is 42.9 Å². The molecule has 0 radical (unpaired) electrons. The topological polar surface area (TPSA) is 91.0 Å². The van der Waals surface area contributed by atoms with Crippen LogP contribution in [0.25, 0.3) is 0 Å². The maximum Gasteiger partial charge on any atom is 0.340 e. The Morgan fingerprint density at radius 2 is 2.35 bits per heavy atom. The van der Waals surface area contributed by atoms with Gasteiger partial charge in [-0.2, -0.15) is 4.37 Å². The van der Waals surface area contributed by atoms with Crippen molar-refractivity contribution >= 4 is 35.0 Å². The number of carbonyl (C=O) groups excluding carboxylic acids is 1. The number of hydrogen-bond acceptors (Lipinski definition) is 8. The molecule has 0 aliphatic heterocycles. The smallest absolute Gasteiger partial charge is 0.340 e. The third kappa shape index (κ3) is 2.71. The minimum atomic E-state index is -0.482. The van der Waals surface area contributed by atoms with Gasteiger partial charge in [0.1, 0.15) is 11.4 Å². The van der Waals surface area contributed by atoms with Crippen LogP contribution in [0.15, 0.2) is 28.0 Å². The van der Waals surface area contributed by atoms with Crippen LogP contribution in [-0.2, 0) is 4.74 Å². The lowest BCUT2D eigenvalue weighted by molar-refractivity contribution is 0.0601. The first-order chi connectivity index (χ1) is 8.20. The van der Waals surface area contributed by atoms with Crippen molar-refractivity contribution in [2.75, 3.05) is 12.8 Å². The van der Waals surface area contributed by atoms with Crippen LogP contribution in [-0.4, -0.2) is 27.4 Å². The second-order valence-electron chi connectivity index (χ2n) is 2.91. The SMILES string of the molecule is COC(=O)c1cc(Sc2ncns2)ncc1N. The molecule has 0 aliphatic carbocycles. The normalized spacial score (nSPS) is 10.2. The van der Waals surface area contributed by atoms with Gasteiger partial charge in [-0.05, 0) is 29.4 Å². The van der Waals surface area contributed by atoms with Gasteiger partial charge in [-0.15, -0.1) is 0 Å². The minimum absolute atomic E-state index is 0.290. The molecule has 2 N–H and O–H groups in total. The number of nitrogens with two attached hydrogens (primary N) is 1. The summed E-state index contributed by atoms with van der Waals surface area (Å²) in [4.78, 5) is 19.5. The molecule has 6 nitrogen and oxygen atoms in total. The van der Waals surface area contributed by atoms with Crippen LogP contribution >= 0.6 is 23.3 Å². The second-order valence-corrected chi connectivity index (χ2v) is 4.96. The molecule has 0 saturated heterocycles. The number of anilines is 1. The number of esters is 1. The molecule has 2 rings (SSSR count). The van der Waals surface area contributed by atoms with Crippen LogP contribution in [0.2, 0.25) is 0 Å². The van der Waals surface area contributed by atoms with Crippen molar-refractivity contribution in [3.63, 3.8) is 0 Å². The number of pyridine rings is 1. The molecule has 8 heteroatoms. The quantitative estimate of drug-likeness (QED) is 0.842. The maximum absolute atomic E-state index is 11.4. The van der Waals surface area contributed by atoms with Crippen LogP contribution < -0.4 is 5.73 Å². The Hall–Kier alpha value is -1.67. The van der Waals surface area contributed by atoms with E-state index in [2.05, 4.69) is 19.1 Å². The summed E-state index contributed by atoms with van der Waals surface area (Å²) in [6, 6.07) is 1.58. The molecule has 0 aliphatic rings. The van der Waals surface area contributed by atoms with Crippen molar-refractivity contribution in [3.05, 3.63) is 24.2 Å². The highest BCUT2D eigenvalue weighted by atomic mass is 32.2. The Kier molecular flexibility index (Phi) is 3.55. The predicted molar refractivity (Wildman–Crippen MR) is 64.0 cm³/mol. The number of methoxy groups -OCH3 is 1. The van der Waals surface area contributed by atoms with Crippen LogP contribution in [0, 0.1) is 0 Å². The molecule has 2 heterocycles. The fraction of sp³-hybridized carbons (Fsp3) is 0.111. The summed E-state index contributed by atoms with van der Waals surface area (Å²) in [5, 5.41) is 0.622. The lowest BCUT2D eigenvalue weighted by Crippen LogP contribution is -2.06. The van der Waals surface area contributed by atoms with E-state index in [9.17, 15) is 4.79 Å². The number of hydrogen-bond donors (Lipinski definition) is 1. The first kappa shape index (κ1) is 11.8. The van der Waals surface area contributed by atoms with Gasteiger partial charge in [0.15, 0.2) is 4.34 Å². The van der Waals surface area contributed by atoms with Crippen LogP contribution in [0.4, 0.5) is 5.69 Å². The summed E-state index contributed by atoms with van der Waals surface area (Å²) in [7, 11) is 1.31. The fourth-order valence-electron chi connectivity index (χ4n) is 1.09. The van der Waals surface area contributed by atoms with Crippen molar-refractivity contribution in [3.8, 4) is 0 Å². The number of rotatable bonds is 3. The van der Waals surface area contributed by atoms with E-state index in [1.54, 1.807) is 6.07 Å². The largest absolute Gasteiger partial charge is 0.465 e. The van der Waals surface area contributed by atoms with Crippen molar-refractivity contribution in [1.29, 1.82) is 0 Å². The Morgan fingerprint density at radius 1 is 1.53 bits per heavy atom. The zero-order valence-electron chi connectivity index (χ0n) is 8.78. The highest BCUT2D eigenvalue weighted by molar-refractivity contribution is 8.00. The molecule has 2 aromatic heterocycles. The number of nitrogen functional groups attached to an aromatic ring is 1. The molecule has 0 amide bonds. The molecule has 0 atom stereocenters. The third-order valence-electron chi connectivity index (χ3n) is 1.85. The van der Waals surface area contributed by atoms with Gasteiger partial charge in [-0.25, -0.2) is 14.8 Å². The first-order valence-corrected chi connectivity index (χ1v) is 6.08. The van der Waals surface area contributed by atoms with E-state index >= 15 is 0 Å². The number of carbonyl (C=O) groups is 1. The molecule has 0 spiro atoms. The van der Waals surface area contributed by atoms with E-state index < -0.39 is 5.97 Å². The molecular formula is C9H8N4O2S2. The molecule has 0 saturated carbocycles. The Morgan fingerprint density at radius 3 is 3.00 bits per heavy atom. The zero-order chi connectivity index (χ0) is 12.3. The van der Waals surface area contributed by atoms with Crippen LogP contribution in [0.5, 0.6) is 0 Å². The Labute approximate surface area is 105 Å². The van der Waals surface area contributed by atoms with Gasteiger partial charge in [0, 0.05) is 0 Å². The molecular weight excluding hydrogens is 260 g/mol. The summed E-state index contributed by atoms with van der Waals surface area (Å²) in [6.45, 7) is 0. The summed E-state index contributed by atoms with van der Waals surface area (Å²) >= 11 is 2.57. The van der Waals surface area contributed by atoms with Crippen molar-refractivity contribution in [2.45, 2.75) is 9.37 Å². The Bertz CT molecular complexity index is 530. The molecule has 88 valence electrons. The van der Waals surface area contributed by atoms with Crippen molar-refractivity contribution in [1.82, 2.24) is 14.3 Å².